The summed E-state index contributed by atoms with van der Waals surface area (Å²) in [5.74, 6) is 1.82. The van der Waals surface area contributed by atoms with Crippen molar-refractivity contribution in [3.63, 3.8) is 0 Å². The van der Waals surface area contributed by atoms with Crippen molar-refractivity contribution < 1.29 is 14.3 Å². The van der Waals surface area contributed by atoms with Crippen LogP contribution in [0.25, 0.3) is 0 Å². The van der Waals surface area contributed by atoms with Crippen molar-refractivity contribution in [2.75, 3.05) is 23.8 Å². The molecule has 0 aliphatic rings. The van der Waals surface area contributed by atoms with Crippen LogP contribution in [-0.4, -0.2) is 24.1 Å². The molecule has 3 aromatic rings. The molecular formula is C21H21N3O3. The summed E-state index contributed by atoms with van der Waals surface area (Å²) in [7, 11) is 0. The number of amides is 1. The number of nitrogens with zero attached hydrogens (tertiary/aromatic N) is 1. The van der Waals surface area contributed by atoms with Gasteiger partial charge < -0.3 is 20.1 Å². The first-order chi connectivity index (χ1) is 13.2. The van der Waals surface area contributed by atoms with Crippen LogP contribution in [0, 0.1) is 0 Å². The molecule has 2 N–H and O–H groups in total. The minimum Gasteiger partial charge on any atom is -0.492 e. The van der Waals surface area contributed by atoms with Gasteiger partial charge in [-0.3, -0.25) is 4.79 Å². The lowest BCUT2D eigenvalue weighted by Crippen LogP contribution is -2.20. The summed E-state index contributed by atoms with van der Waals surface area (Å²) in [5.41, 5.74) is 1.43. The number of para-hydroxylation sites is 3. The third-order valence-corrected chi connectivity index (χ3v) is 3.61. The van der Waals surface area contributed by atoms with Crippen molar-refractivity contribution in [3.8, 4) is 11.5 Å². The molecule has 0 bridgehead atoms. The fraction of sp³-hybridized carbons (Fsp3) is 0.143. The number of carbonyl (C=O) groups is 1. The summed E-state index contributed by atoms with van der Waals surface area (Å²) in [6.45, 7) is 2.46. The maximum atomic E-state index is 12.0. The van der Waals surface area contributed by atoms with Gasteiger partial charge in [-0.25, -0.2) is 4.98 Å². The van der Waals surface area contributed by atoms with Crippen molar-refractivity contribution in [3.05, 3.63) is 72.9 Å². The summed E-state index contributed by atoms with van der Waals surface area (Å²) >= 11 is 0. The van der Waals surface area contributed by atoms with Crippen LogP contribution < -0.4 is 20.1 Å². The molecule has 0 atom stereocenters. The third-order valence-electron chi connectivity index (χ3n) is 3.61. The Balaban J connectivity index is 1.55. The van der Waals surface area contributed by atoms with E-state index in [0.29, 0.717) is 23.9 Å². The van der Waals surface area contributed by atoms with Gasteiger partial charge >= 0.3 is 0 Å². The summed E-state index contributed by atoms with van der Waals surface area (Å²) in [6.07, 6.45) is 1.59. The van der Waals surface area contributed by atoms with Crippen LogP contribution >= 0.6 is 0 Å². The van der Waals surface area contributed by atoms with Gasteiger partial charge in [0.2, 0.25) is 0 Å². The number of pyridine rings is 1. The van der Waals surface area contributed by atoms with Crippen molar-refractivity contribution in [1.29, 1.82) is 0 Å². The lowest BCUT2D eigenvalue weighted by Gasteiger charge is -2.12. The molecule has 1 heterocycles. The summed E-state index contributed by atoms with van der Waals surface area (Å²) in [5, 5.41) is 5.97. The van der Waals surface area contributed by atoms with Crippen LogP contribution in [0.5, 0.6) is 11.5 Å². The van der Waals surface area contributed by atoms with Crippen molar-refractivity contribution in [2.24, 2.45) is 0 Å². The van der Waals surface area contributed by atoms with Gasteiger partial charge in [0.15, 0.2) is 6.61 Å². The average molecular weight is 363 g/mol. The molecule has 0 saturated heterocycles. The Morgan fingerprint density at radius 1 is 0.963 bits per heavy atom. The number of aromatic nitrogens is 1. The number of hydrogen-bond donors (Lipinski definition) is 2. The van der Waals surface area contributed by atoms with E-state index in [9.17, 15) is 4.79 Å². The second kappa shape index (κ2) is 9.24. The monoisotopic (exact) mass is 363 g/mol. The number of carbonyl (C=O) groups excluding carboxylic acids is 1. The fourth-order valence-electron chi connectivity index (χ4n) is 2.39. The molecule has 2 aromatic carbocycles. The number of ether oxygens (including phenoxy) is 2. The topological polar surface area (TPSA) is 72.5 Å². The Morgan fingerprint density at radius 2 is 1.74 bits per heavy atom. The maximum absolute atomic E-state index is 12.0. The molecule has 0 radical (unpaired) electrons. The normalized spacial score (nSPS) is 10.1. The SMILES string of the molecule is CCOc1ccccc1Nc1ccc(NC(=O)COc2ccccc2)cn1. The summed E-state index contributed by atoms with van der Waals surface area (Å²) in [4.78, 5) is 16.3. The summed E-state index contributed by atoms with van der Waals surface area (Å²) < 4.78 is 11.0. The Bertz CT molecular complexity index is 867. The van der Waals surface area contributed by atoms with Crippen LogP contribution in [0.15, 0.2) is 72.9 Å². The van der Waals surface area contributed by atoms with Gasteiger partial charge in [-0.1, -0.05) is 30.3 Å². The standard InChI is InChI=1S/C21H21N3O3/c1-2-26-19-11-7-6-10-18(19)24-20-13-12-16(14-22-20)23-21(25)15-27-17-8-4-3-5-9-17/h3-14H,2,15H2,1H3,(H,22,24)(H,23,25). The van der Waals surface area contributed by atoms with E-state index in [-0.39, 0.29) is 12.5 Å². The highest BCUT2D eigenvalue weighted by atomic mass is 16.5. The van der Waals surface area contributed by atoms with Crippen molar-refractivity contribution in [1.82, 2.24) is 4.98 Å². The number of rotatable bonds is 8. The van der Waals surface area contributed by atoms with Gasteiger partial charge in [-0.15, -0.1) is 0 Å². The van der Waals surface area contributed by atoms with E-state index in [1.807, 2.05) is 49.4 Å². The molecule has 0 aliphatic carbocycles. The van der Waals surface area contributed by atoms with Gasteiger partial charge in [-0.2, -0.15) is 0 Å². The second-order valence-corrected chi connectivity index (χ2v) is 5.64. The highest BCUT2D eigenvalue weighted by molar-refractivity contribution is 5.91. The molecule has 6 nitrogen and oxygen atoms in total. The number of nitrogens with one attached hydrogen (secondary N) is 2. The predicted molar refractivity (Wildman–Crippen MR) is 106 cm³/mol. The quantitative estimate of drug-likeness (QED) is 0.626. The average Bonchev–Trinajstić information content (AvgIpc) is 2.70. The zero-order valence-electron chi connectivity index (χ0n) is 15.0. The van der Waals surface area contributed by atoms with Crippen LogP contribution in [-0.2, 0) is 4.79 Å². The van der Waals surface area contributed by atoms with E-state index in [1.165, 1.54) is 0 Å². The van der Waals surface area contributed by atoms with Crippen molar-refractivity contribution in [2.45, 2.75) is 6.92 Å². The number of benzene rings is 2. The second-order valence-electron chi connectivity index (χ2n) is 5.64. The molecule has 0 aliphatic heterocycles. The summed E-state index contributed by atoms with van der Waals surface area (Å²) in [6, 6.07) is 20.4. The zero-order valence-corrected chi connectivity index (χ0v) is 15.0. The lowest BCUT2D eigenvalue weighted by molar-refractivity contribution is -0.118. The molecule has 3 rings (SSSR count). The van der Waals surface area contributed by atoms with Crippen LogP contribution in [0.4, 0.5) is 17.2 Å². The van der Waals surface area contributed by atoms with Crippen LogP contribution in [0.3, 0.4) is 0 Å². The minimum absolute atomic E-state index is 0.0637. The minimum atomic E-state index is -0.247. The molecule has 0 saturated carbocycles. The highest BCUT2D eigenvalue weighted by Crippen LogP contribution is 2.26. The van der Waals surface area contributed by atoms with E-state index >= 15 is 0 Å². The Labute approximate surface area is 158 Å². The number of hydrogen-bond acceptors (Lipinski definition) is 5. The van der Waals surface area contributed by atoms with E-state index in [4.69, 9.17) is 9.47 Å². The fourth-order valence-corrected chi connectivity index (χ4v) is 2.39. The third kappa shape index (κ3) is 5.47. The molecule has 27 heavy (non-hydrogen) atoms. The first-order valence-electron chi connectivity index (χ1n) is 8.67. The van der Waals surface area contributed by atoms with E-state index in [1.54, 1.807) is 30.5 Å². The Hall–Kier alpha value is -3.54. The zero-order chi connectivity index (χ0) is 18.9. The highest BCUT2D eigenvalue weighted by Gasteiger charge is 2.06. The van der Waals surface area contributed by atoms with Gasteiger partial charge in [-0.05, 0) is 43.3 Å². The van der Waals surface area contributed by atoms with Gasteiger partial charge in [0.05, 0.1) is 24.2 Å². The van der Waals surface area contributed by atoms with Crippen LogP contribution in [0.2, 0.25) is 0 Å². The van der Waals surface area contributed by atoms with Crippen molar-refractivity contribution >= 4 is 23.1 Å². The van der Waals surface area contributed by atoms with Gasteiger partial charge in [0.1, 0.15) is 17.3 Å². The Kier molecular flexibility index (Phi) is 6.25. The lowest BCUT2D eigenvalue weighted by atomic mass is 10.3. The molecule has 1 aromatic heterocycles. The molecule has 1 amide bonds. The smallest absolute Gasteiger partial charge is 0.262 e. The molecule has 6 heteroatoms. The number of anilines is 3. The van der Waals surface area contributed by atoms with Gasteiger partial charge in [0.25, 0.3) is 5.91 Å². The van der Waals surface area contributed by atoms with Gasteiger partial charge in [0, 0.05) is 0 Å². The molecule has 0 fully saturated rings. The predicted octanol–water partition coefficient (Wildman–Crippen LogP) is 4.24. The van der Waals surface area contributed by atoms with E-state index < -0.39 is 0 Å². The van der Waals surface area contributed by atoms with E-state index in [2.05, 4.69) is 15.6 Å². The largest absolute Gasteiger partial charge is 0.492 e. The van der Waals surface area contributed by atoms with E-state index in [0.717, 1.165) is 11.4 Å². The molecule has 138 valence electrons. The molecule has 0 unspecified atom stereocenters. The molecule has 0 spiro atoms. The first-order valence-corrected chi connectivity index (χ1v) is 8.67. The Morgan fingerprint density at radius 3 is 2.48 bits per heavy atom. The first kappa shape index (κ1) is 18.3. The molecular weight excluding hydrogens is 342 g/mol. The van der Waals surface area contributed by atoms with Crippen LogP contribution in [0.1, 0.15) is 6.92 Å². The maximum Gasteiger partial charge on any atom is 0.262 e.